The van der Waals surface area contributed by atoms with E-state index in [9.17, 15) is 4.79 Å². The molecule has 0 aliphatic carbocycles. The molecule has 0 saturated heterocycles. The molecular weight excluding hydrogens is 374 g/mol. The summed E-state index contributed by atoms with van der Waals surface area (Å²) in [6.07, 6.45) is 4.77. The number of anilines is 1. The molecule has 1 N–H and O–H groups in total. The number of urea groups is 1. The minimum atomic E-state index is -0.317. The Kier molecular flexibility index (Phi) is 6.51. The fraction of sp³-hybridized carbons (Fsp3) is 0.400. The van der Waals surface area contributed by atoms with Crippen molar-refractivity contribution in [2.75, 3.05) is 10.8 Å². The van der Waals surface area contributed by atoms with Crippen molar-refractivity contribution in [3.05, 3.63) is 36.2 Å². The SMILES string of the molecule is CCCCCNC(=O)N(S)c1ccc2ncc(-c3ccc(C(C)C)o3)nc2n1. The van der Waals surface area contributed by atoms with Gasteiger partial charge in [-0.05, 0) is 30.7 Å². The number of nitrogens with zero attached hydrogens (tertiary/aromatic N) is 4. The van der Waals surface area contributed by atoms with Crippen LogP contribution in [0.3, 0.4) is 0 Å². The Morgan fingerprint density at radius 1 is 1.21 bits per heavy atom. The third-order valence-electron chi connectivity index (χ3n) is 4.31. The number of unbranched alkanes of at least 4 members (excludes halogenated alkanes) is 2. The molecule has 0 fully saturated rings. The molecule has 3 rings (SSSR count). The first-order valence-corrected chi connectivity index (χ1v) is 9.90. The maximum absolute atomic E-state index is 12.2. The monoisotopic (exact) mass is 399 g/mol. The van der Waals surface area contributed by atoms with Gasteiger partial charge in [0, 0.05) is 12.5 Å². The number of nitrogens with one attached hydrogen (secondary N) is 1. The van der Waals surface area contributed by atoms with Crippen molar-refractivity contribution in [1.29, 1.82) is 0 Å². The van der Waals surface area contributed by atoms with Gasteiger partial charge in [0.15, 0.2) is 11.4 Å². The van der Waals surface area contributed by atoms with E-state index in [1.165, 1.54) is 4.31 Å². The molecule has 7 nitrogen and oxygen atoms in total. The largest absolute Gasteiger partial charge is 0.459 e. The second kappa shape index (κ2) is 9.05. The molecule has 3 aromatic heterocycles. The van der Waals surface area contributed by atoms with Crippen molar-refractivity contribution in [3.63, 3.8) is 0 Å². The Labute approximate surface area is 170 Å². The fourth-order valence-corrected chi connectivity index (χ4v) is 2.86. The number of amides is 2. The maximum Gasteiger partial charge on any atom is 0.333 e. The third kappa shape index (κ3) is 4.62. The first-order chi connectivity index (χ1) is 13.5. The minimum Gasteiger partial charge on any atom is -0.459 e. The number of rotatable bonds is 7. The quantitative estimate of drug-likeness (QED) is 0.433. The minimum absolute atomic E-state index is 0.292. The second-order valence-electron chi connectivity index (χ2n) is 6.87. The molecule has 0 unspecified atom stereocenters. The zero-order chi connectivity index (χ0) is 20.1. The number of carbonyl (C=O) groups is 1. The lowest BCUT2D eigenvalue weighted by Gasteiger charge is -2.15. The predicted molar refractivity (Wildman–Crippen MR) is 114 cm³/mol. The maximum atomic E-state index is 12.2. The lowest BCUT2D eigenvalue weighted by molar-refractivity contribution is 0.249. The summed E-state index contributed by atoms with van der Waals surface area (Å²) in [5.41, 5.74) is 1.65. The molecule has 0 aliphatic rings. The van der Waals surface area contributed by atoms with E-state index in [-0.39, 0.29) is 6.03 Å². The highest BCUT2D eigenvalue weighted by Crippen LogP contribution is 2.26. The Morgan fingerprint density at radius 3 is 2.75 bits per heavy atom. The van der Waals surface area contributed by atoms with Crippen LogP contribution in [-0.2, 0) is 0 Å². The van der Waals surface area contributed by atoms with Crippen LogP contribution in [0.25, 0.3) is 22.6 Å². The van der Waals surface area contributed by atoms with Crippen molar-refractivity contribution in [3.8, 4) is 11.5 Å². The zero-order valence-electron chi connectivity index (χ0n) is 16.3. The van der Waals surface area contributed by atoms with Crippen LogP contribution in [0.4, 0.5) is 10.6 Å². The summed E-state index contributed by atoms with van der Waals surface area (Å²) in [4.78, 5) is 25.6. The topological polar surface area (TPSA) is 84.2 Å². The number of carbonyl (C=O) groups excluding carboxylic acids is 1. The van der Waals surface area contributed by atoms with Gasteiger partial charge in [-0.25, -0.2) is 19.1 Å². The first kappa shape index (κ1) is 20.1. The van der Waals surface area contributed by atoms with Gasteiger partial charge in [0.2, 0.25) is 0 Å². The Morgan fingerprint density at radius 2 is 2.04 bits per heavy atom. The molecule has 0 bridgehead atoms. The van der Waals surface area contributed by atoms with E-state index in [0.717, 1.165) is 25.0 Å². The van der Waals surface area contributed by atoms with E-state index in [4.69, 9.17) is 4.42 Å². The van der Waals surface area contributed by atoms with Gasteiger partial charge in [-0.15, -0.1) is 0 Å². The molecule has 3 aromatic rings. The first-order valence-electron chi connectivity index (χ1n) is 9.50. The zero-order valence-corrected chi connectivity index (χ0v) is 17.2. The van der Waals surface area contributed by atoms with Gasteiger partial charge in [0.05, 0.1) is 6.20 Å². The number of hydrogen-bond acceptors (Lipinski definition) is 6. The molecule has 0 aliphatic heterocycles. The van der Waals surface area contributed by atoms with Crippen LogP contribution < -0.4 is 9.62 Å². The third-order valence-corrected chi connectivity index (χ3v) is 4.69. The van der Waals surface area contributed by atoms with Gasteiger partial charge >= 0.3 is 6.03 Å². The van der Waals surface area contributed by atoms with Crippen LogP contribution in [0.5, 0.6) is 0 Å². The lowest BCUT2D eigenvalue weighted by Crippen LogP contribution is -2.35. The second-order valence-corrected chi connectivity index (χ2v) is 7.27. The highest BCUT2D eigenvalue weighted by Gasteiger charge is 2.15. The highest BCUT2D eigenvalue weighted by atomic mass is 32.1. The summed E-state index contributed by atoms with van der Waals surface area (Å²) in [5, 5.41) is 2.83. The van der Waals surface area contributed by atoms with Crippen LogP contribution >= 0.6 is 12.8 Å². The van der Waals surface area contributed by atoms with Crippen LogP contribution in [0.15, 0.2) is 34.9 Å². The Balaban J connectivity index is 1.80. The van der Waals surface area contributed by atoms with E-state index in [1.807, 2.05) is 12.1 Å². The lowest BCUT2D eigenvalue weighted by atomic mass is 10.2. The van der Waals surface area contributed by atoms with Gasteiger partial charge in [0.1, 0.15) is 22.8 Å². The van der Waals surface area contributed by atoms with E-state index < -0.39 is 0 Å². The standard InChI is InChI=1S/C20H25N5O2S/c1-4-5-6-11-21-20(26)25(28)18-10-7-14-19(24-18)23-15(12-22-14)17-9-8-16(27-17)13(2)3/h7-10,12-13,28H,4-6,11H2,1-3H3,(H,21,26). The summed E-state index contributed by atoms with van der Waals surface area (Å²) in [7, 11) is 0. The Bertz CT molecular complexity index is 957. The van der Waals surface area contributed by atoms with E-state index in [1.54, 1.807) is 18.3 Å². The molecule has 3 heterocycles. The van der Waals surface area contributed by atoms with Gasteiger partial charge in [-0.3, -0.25) is 4.98 Å². The van der Waals surface area contributed by atoms with Crippen LogP contribution in [0.1, 0.15) is 51.7 Å². The highest BCUT2D eigenvalue weighted by molar-refractivity contribution is 7.82. The molecule has 148 valence electrons. The number of hydrogen-bond donors (Lipinski definition) is 2. The Hall–Kier alpha value is -2.61. The van der Waals surface area contributed by atoms with Crippen LogP contribution in [0.2, 0.25) is 0 Å². The summed E-state index contributed by atoms with van der Waals surface area (Å²) in [6, 6.07) is 6.96. The van der Waals surface area contributed by atoms with E-state index in [2.05, 4.69) is 53.9 Å². The summed E-state index contributed by atoms with van der Waals surface area (Å²) < 4.78 is 7.02. The van der Waals surface area contributed by atoms with Crippen molar-refractivity contribution in [2.45, 2.75) is 46.0 Å². The molecule has 0 radical (unpaired) electrons. The average molecular weight is 400 g/mol. The molecular formula is C20H25N5O2S. The van der Waals surface area contributed by atoms with E-state index >= 15 is 0 Å². The smallest absolute Gasteiger partial charge is 0.333 e. The van der Waals surface area contributed by atoms with Crippen LogP contribution in [0, 0.1) is 0 Å². The molecule has 2 amide bonds. The van der Waals surface area contributed by atoms with E-state index in [0.29, 0.717) is 40.9 Å². The van der Waals surface area contributed by atoms with Gasteiger partial charge in [0.25, 0.3) is 0 Å². The summed E-state index contributed by atoms with van der Waals surface area (Å²) in [5.74, 6) is 2.21. The molecule has 0 aromatic carbocycles. The number of furan rings is 1. The fourth-order valence-electron chi connectivity index (χ4n) is 2.67. The van der Waals surface area contributed by atoms with Crippen molar-refractivity contribution in [2.24, 2.45) is 0 Å². The van der Waals surface area contributed by atoms with Gasteiger partial charge in [-0.2, -0.15) is 0 Å². The number of aromatic nitrogens is 3. The summed E-state index contributed by atoms with van der Waals surface area (Å²) in [6.45, 7) is 6.86. The average Bonchev–Trinajstić information content (AvgIpc) is 3.20. The normalized spacial score (nSPS) is 11.2. The molecule has 28 heavy (non-hydrogen) atoms. The molecule has 0 spiro atoms. The van der Waals surface area contributed by atoms with Crippen molar-refractivity contribution < 1.29 is 9.21 Å². The number of fused-ring (bicyclic) bond motifs is 1. The molecule has 8 heteroatoms. The predicted octanol–water partition coefficient (Wildman–Crippen LogP) is 4.96. The van der Waals surface area contributed by atoms with Crippen molar-refractivity contribution >= 4 is 35.8 Å². The van der Waals surface area contributed by atoms with Gasteiger partial charge < -0.3 is 9.73 Å². The molecule has 0 saturated carbocycles. The van der Waals surface area contributed by atoms with Crippen LogP contribution in [-0.4, -0.2) is 27.5 Å². The summed E-state index contributed by atoms with van der Waals surface area (Å²) >= 11 is 4.28. The van der Waals surface area contributed by atoms with Crippen molar-refractivity contribution in [1.82, 2.24) is 20.3 Å². The number of thiol groups is 1. The van der Waals surface area contributed by atoms with Gasteiger partial charge in [-0.1, -0.05) is 46.4 Å². The number of pyridine rings is 1. The molecule has 0 atom stereocenters.